The molecular weight excluding hydrogens is 439 g/mol. The fourth-order valence-corrected chi connectivity index (χ4v) is 6.82. The smallest absolute Gasteiger partial charge is 0.747 e. The summed E-state index contributed by atoms with van der Waals surface area (Å²) < 4.78 is 40.9. The molecule has 174 valence electrons. The van der Waals surface area contributed by atoms with Crippen molar-refractivity contribution in [3.8, 4) is 0 Å². The fourth-order valence-electron chi connectivity index (χ4n) is 5.89. The third-order valence-corrected chi connectivity index (χ3v) is 8.74. The van der Waals surface area contributed by atoms with E-state index in [9.17, 15) is 28.0 Å². The molecule has 9 nitrogen and oxygen atoms in total. The maximum Gasteiger partial charge on any atom is 1.00 e. The number of carbonyl (C=O) groups is 1. The van der Waals surface area contributed by atoms with Crippen molar-refractivity contribution < 1.29 is 73.2 Å². The van der Waals surface area contributed by atoms with Crippen LogP contribution in [0.5, 0.6) is 0 Å². The van der Waals surface area contributed by atoms with Gasteiger partial charge in [0.2, 0.25) is 0 Å². The SMILES string of the molecule is C=C1CCC2C(C)(CO)C(O)CCC2(C)C1CC(C1=CCOC1=O)S(=O)(=O)[O-].O.O.[Na+]. The molecule has 1 aliphatic heterocycles. The minimum absolute atomic E-state index is 0. The van der Waals surface area contributed by atoms with Gasteiger partial charge in [0.15, 0.2) is 0 Å². The molecule has 1 heterocycles. The monoisotopic (exact) mass is 472 g/mol. The van der Waals surface area contributed by atoms with Crippen LogP contribution in [-0.2, 0) is 19.6 Å². The van der Waals surface area contributed by atoms with Crippen molar-refractivity contribution in [1.82, 2.24) is 0 Å². The Bertz CT molecular complexity index is 811. The van der Waals surface area contributed by atoms with Gasteiger partial charge in [-0.25, -0.2) is 13.2 Å². The Kier molecular flexibility index (Phi) is 10.6. The van der Waals surface area contributed by atoms with Gasteiger partial charge in [0.25, 0.3) is 0 Å². The maximum atomic E-state index is 12.0. The van der Waals surface area contributed by atoms with E-state index in [1.54, 1.807) is 0 Å². The second kappa shape index (κ2) is 10.8. The van der Waals surface area contributed by atoms with E-state index in [1.807, 2.05) is 13.8 Å². The normalized spacial score (nSPS) is 36.0. The van der Waals surface area contributed by atoms with Crippen LogP contribution < -0.4 is 29.6 Å². The molecule has 3 rings (SSSR count). The molecule has 11 heteroatoms. The van der Waals surface area contributed by atoms with Crippen LogP contribution in [-0.4, -0.2) is 64.7 Å². The number of hydrogen-bond acceptors (Lipinski definition) is 7. The first-order chi connectivity index (χ1) is 12.9. The van der Waals surface area contributed by atoms with Gasteiger partial charge in [-0.05, 0) is 55.4 Å². The van der Waals surface area contributed by atoms with Crippen molar-refractivity contribution in [2.75, 3.05) is 13.2 Å². The standard InChI is InChI=1S/C20H30O7S.Na.2H2O/c1-12-4-5-16-19(2,8-6-17(22)20(16,3)11-21)14(12)10-15(28(24,25)26)13-7-9-27-18(13)23;;;/h7,14-17,21-22H,1,4-6,8-11H2,2-3H3,(H,24,25,26);;2*1H2/q;+1;;/p-1. The van der Waals surface area contributed by atoms with Crippen LogP contribution in [0.3, 0.4) is 0 Å². The predicted octanol–water partition coefficient (Wildman–Crippen LogP) is -3.13. The van der Waals surface area contributed by atoms with Crippen LogP contribution in [0, 0.1) is 22.7 Å². The molecule has 0 aromatic heterocycles. The number of cyclic esters (lactones) is 1. The van der Waals surface area contributed by atoms with Gasteiger partial charge in [0.1, 0.15) is 16.7 Å². The van der Waals surface area contributed by atoms with Crippen molar-refractivity contribution in [3.63, 3.8) is 0 Å². The Hall–Kier alpha value is -0.300. The molecule has 0 spiro atoms. The van der Waals surface area contributed by atoms with E-state index in [4.69, 9.17) is 4.74 Å². The Morgan fingerprint density at radius 2 is 1.94 bits per heavy atom. The average Bonchev–Trinajstić information content (AvgIpc) is 3.02. The first-order valence-corrected chi connectivity index (χ1v) is 11.2. The van der Waals surface area contributed by atoms with Gasteiger partial charge in [-0.3, -0.25) is 0 Å². The topological polar surface area (TPSA) is 187 Å². The molecule has 0 aromatic rings. The van der Waals surface area contributed by atoms with Gasteiger partial charge in [-0.15, -0.1) is 0 Å². The molecule has 3 aliphatic rings. The van der Waals surface area contributed by atoms with Crippen molar-refractivity contribution in [3.05, 3.63) is 23.8 Å². The Morgan fingerprint density at radius 3 is 2.42 bits per heavy atom. The second-order valence-electron chi connectivity index (χ2n) is 9.00. The summed E-state index contributed by atoms with van der Waals surface area (Å²) >= 11 is 0. The van der Waals surface area contributed by atoms with E-state index in [0.29, 0.717) is 19.3 Å². The summed E-state index contributed by atoms with van der Waals surface area (Å²) in [5, 5.41) is 19.1. The van der Waals surface area contributed by atoms with Crippen LogP contribution in [0.1, 0.15) is 46.0 Å². The quantitative estimate of drug-likeness (QED) is 0.183. The summed E-state index contributed by atoms with van der Waals surface area (Å²) in [7, 11) is -4.77. The number of fused-ring (bicyclic) bond motifs is 1. The van der Waals surface area contributed by atoms with Crippen molar-refractivity contribution >= 4 is 16.1 Å². The van der Waals surface area contributed by atoms with Gasteiger partial charge >= 0.3 is 35.5 Å². The third-order valence-electron chi connectivity index (χ3n) is 7.59. The Morgan fingerprint density at radius 1 is 1.32 bits per heavy atom. The zero-order valence-corrected chi connectivity index (χ0v) is 21.2. The third kappa shape index (κ3) is 5.28. The van der Waals surface area contributed by atoms with Gasteiger partial charge in [0, 0.05) is 5.41 Å². The molecule has 6 unspecified atom stereocenters. The van der Waals surface area contributed by atoms with Crippen molar-refractivity contribution in [2.45, 2.75) is 57.3 Å². The minimum atomic E-state index is -4.77. The van der Waals surface area contributed by atoms with Crippen LogP contribution in [0.25, 0.3) is 0 Å². The zero-order chi connectivity index (χ0) is 20.9. The van der Waals surface area contributed by atoms with Crippen molar-refractivity contribution in [1.29, 1.82) is 0 Å². The molecule has 0 saturated heterocycles. The molecule has 2 fully saturated rings. The molecule has 31 heavy (non-hydrogen) atoms. The van der Waals surface area contributed by atoms with Crippen LogP contribution in [0.15, 0.2) is 23.8 Å². The average molecular weight is 473 g/mol. The first kappa shape index (κ1) is 30.7. The summed E-state index contributed by atoms with van der Waals surface area (Å²) in [6, 6.07) is 0. The van der Waals surface area contributed by atoms with Crippen LogP contribution in [0.4, 0.5) is 0 Å². The number of aliphatic hydroxyl groups is 2. The van der Waals surface area contributed by atoms with Gasteiger partial charge in [-0.2, -0.15) is 0 Å². The number of allylic oxidation sites excluding steroid dienone is 1. The van der Waals surface area contributed by atoms with E-state index >= 15 is 0 Å². The predicted molar refractivity (Wildman–Crippen MR) is 108 cm³/mol. The van der Waals surface area contributed by atoms with Gasteiger partial charge in [0.05, 0.1) is 23.5 Å². The molecule has 6 atom stereocenters. The molecule has 0 aromatic carbocycles. The Balaban J connectivity index is 0.00000300. The first-order valence-electron chi connectivity index (χ1n) is 9.73. The van der Waals surface area contributed by atoms with E-state index in [-0.39, 0.29) is 77.6 Å². The van der Waals surface area contributed by atoms with Crippen LogP contribution >= 0.6 is 0 Å². The number of aliphatic hydroxyl groups excluding tert-OH is 2. The second-order valence-corrected chi connectivity index (χ2v) is 10.6. The number of esters is 1. The van der Waals surface area contributed by atoms with Gasteiger partial charge < -0.3 is 30.5 Å². The summed E-state index contributed by atoms with van der Waals surface area (Å²) in [5.74, 6) is -1.12. The number of ether oxygens (including phenoxy) is 1. The maximum absolute atomic E-state index is 12.0. The largest absolute Gasteiger partial charge is 1.00 e. The number of hydrogen-bond donors (Lipinski definition) is 2. The number of rotatable bonds is 5. The van der Waals surface area contributed by atoms with E-state index in [1.165, 1.54) is 6.08 Å². The molecule has 2 saturated carbocycles. The van der Waals surface area contributed by atoms with E-state index < -0.39 is 38.3 Å². The van der Waals surface area contributed by atoms with E-state index in [0.717, 1.165) is 12.0 Å². The minimum Gasteiger partial charge on any atom is -0.747 e. The molecule has 0 radical (unpaired) electrons. The molecular formula is C20H33NaO9S. The zero-order valence-electron chi connectivity index (χ0n) is 18.4. The summed E-state index contributed by atoms with van der Waals surface area (Å²) in [6.07, 6.45) is 3.17. The van der Waals surface area contributed by atoms with Crippen molar-refractivity contribution in [2.24, 2.45) is 22.7 Å². The van der Waals surface area contributed by atoms with E-state index in [2.05, 4.69) is 6.58 Å². The number of carbonyl (C=O) groups excluding carboxylic acids is 1. The summed E-state index contributed by atoms with van der Waals surface area (Å²) in [4.78, 5) is 12.0. The summed E-state index contributed by atoms with van der Waals surface area (Å²) in [5.41, 5.74) is -0.369. The molecule has 0 bridgehead atoms. The molecule has 0 amide bonds. The van der Waals surface area contributed by atoms with Gasteiger partial charge in [-0.1, -0.05) is 26.0 Å². The summed E-state index contributed by atoms with van der Waals surface area (Å²) in [6.45, 7) is 7.84. The molecule has 6 N–H and O–H groups in total. The fraction of sp³-hybridized carbons (Fsp3) is 0.750. The molecule has 2 aliphatic carbocycles. The van der Waals surface area contributed by atoms with Crippen LogP contribution in [0.2, 0.25) is 0 Å². The Labute approximate surface area is 205 Å².